The first-order chi connectivity index (χ1) is 8.61. The summed E-state index contributed by atoms with van der Waals surface area (Å²) in [6.07, 6.45) is 2.09. The molecule has 106 valence electrons. The number of nitrogens with one attached hydrogen (secondary N) is 1. The van der Waals surface area contributed by atoms with E-state index in [-0.39, 0.29) is 24.1 Å². The van der Waals surface area contributed by atoms with E-state index in [2.05, 4.69) is 21.2 Å². The number of rotatable bonds is 2. The fraction of sp³-hybridized carbons (Fsp3) is 0.462. The maximum Gasteiger partial charge on any atom is 0.253 e. The van der Waals surface area contributed by atoms with Crippen LogP contribution in [0, 0.1) is 5.82 Å². The van der Waals surface area contributed by atoms with Crippen LogP contribution < -0.4 is 5.32 Å². The molecule has 1 heterocycles. The van der Waals surface area contributed by atoms with E-state index in [0.29, 0.717) is 22.6 Å². The number of carbonyl (C=O) groups is 1. The first-order valence-electron chi connectivity index (χ1n) is 6.03. The zero-order chi connectivity index (χ0) is 13.1. The van der Waals surface area contributed by atoms with Gasteiger partial charge in [0, 0.05) is 24.7 Å². The van der Waals surface area contributed by atoms with E-state index in [1.165, 1.54) is 12.1 Å². The van der Waals surface area contributed by atoms with Crippen molar-refractivity contribution in [2.45, 2.75) is 18.9 Å². The van der Waals surface area contributed by atoms with Gasteiger partial charge in [0.2, 0.25) is 0 Å². The third kappa shape index (κ3) is 3.91. The minimum absolute atomic E-state index is 0. The van der Waals surface area contributed by atoms with Gasteiger partial charge in [0.1, 0.15) is 5.82 Å². The van der Waals surface area contributed by atoms with Crippen LogP contribution in [0.5, 0.6) is 0 Å². The van der Waals surface area contributed by atoms with Crippen LogP contribution in [-0.4, -0.2) is 37.0 Å². The van der Waals surface area contributed by atoms with E-state index in [1.54, 1.807) is 6.07 Å². The Balaban J connectivity index is 0.00000180. The van der Waals surface area contributed by atoms with E-state index < -0.39 is 0 Å². The van der Waals surface area contributed by atoms with Crippen molar-refractivity contribution in [3.8, 4) is 0 Å². The second kappa shape index (κ2) is 7.22. The number of hydrogen-bond donors (Lipinski definition) is 1. The number of piperidine rings is 1. The van der Waals surface area contributed by atoms with Gasteiger partial charge in [-0.05, 0) is 54.0 Å². The van der Waals surface area contributed by atoms with Gasteiger partial charge in [-0.25, -0.2) is 4.39 Å². The molecule has 0 bridgehead atoms. The molecule has 0 radical (unpaired) electrons. The van der Waals surface area contributed by atoms with Crippen LogP contribution in [0.2, 0.25) is 0 Å². The summed E-state index contributed by atoms with van der Waals surface area (Å²) in [5, 5.41) is 3.20. The summed E-state index contributed by atoms with van der Waals surface area (Å²) in [5.74, 6) is -0.381. The van der Waals surface area contributed by atoms with Crippen molar-refractivity contribution in [3.05, 3.63) is 34.1 Å². The molecule has 0 aliphatic carbocycles. The number of benzene rings is 1. The molecule has 1 amide bonds. The molecule has 6 heteroatoms. The molecule has 2 rings (SSSR count). The van der Waals surface area contributed by atoms with Gasteiger partial charge >= 0.3 is 0 Å². The van der Waals surface area contributed by atoms with E-state index in [4.69, 9.17) is 0 Å². The average molecular weight is 352 g/mol. The maximum atomic E-state index is 13.1. The van der Waals surface area contributed by atoms with Crippen LogP contribution in [0.25, 0.3) is 0 Å². The molecule has 3 nitrogen and oxygen atoms in total. The SMILES string of the molecule is CNC1CCCN(C(=O)c2ccc(F)c(Br)c2)C1.Cl. The molecule has 1 aromatic carbocycles. The lowest BCUT2D eigenvalue weighted by Crippen LogP contribution is -2.46. The molecule has 1 aromatic rings. The van der Waals surface area contributed by atoms with Crippen molar-refractivity contribution in [1.82, 2.24) is 10.2 Å². The Morgan fingerprint density at radius 3 is 2.89 bits per heavy atom. The first-order valence-corrected chi connectivity index (χ1v) is 6.82. The van der Waals surface area contributed by atoms with Gasteiger partial charge < -0.3 is 10.2 Å². The van der Waals surface area contributed by atoms with Gasteiger partial charge in [-0.3, -0.25) is 4.79 Å². The molecule has 1 saturated heterocycles. The Morgan fingerprint density at radius 2 is 2.26 bits per heavy atom. The van der Waals surface area contributed by atoms with Gasteiger partial charge in [0.25, 0.3) is 5.91 Å². The topological polar surface area (TPSA) is 32.3 Å². The highest BCUT2D eigenvalue weighted by atomic mass is 79.9. The molecule has 1 aliphatic rings. The second-order valence-corrected chi connectivity index (χ2v) is 5.36. The Hall–Kier alpha value is -0.650. The molecule has 0 aromatic heterocycles. The second-order valence-electron chi connectivity index (χ2n) is 4.51. The lowest BCUT2D eigenvalue weighted by Gasteiger charge is -2.32. The van der Waals surface area contributed by atoms with E-state index >= 15 is 0 Å². The largest absolute Gasteiger partial charge is 0.337 e. The predicted octanol–water partition coefficient (Wildman–Crippen LogP) is 2.83. The Kier molecular flexibility index (Phi) is 6.23. The van der Waals surface area contributed by atoms with Gasteiger partial charge in [-0.1, -0.05) is 0 Å². The van der Waals surface area contributed by atoms with Crippen LogP contribution in [-0.2, 0) is 0 Å². The van der Waals surface area contributed by atoms with Crippen molar-refractivity contribution in [2.24, 2.45) is 0 Å². The highest BCUT2D eigenvalue weighted by Gasteiger charge is 2.23. The number of nitrogens with zero attached hydrogens (tertiary/aromatic N) is 1. The van der Waals surface area contributed by atoms with Crippen LogP contribution >= 0.6 is 28.3 Å². The van der Waals surface area contributed by atoms with Crippen molar-refractivity contribution in [1.29, 1.82) is 0 Å². The highest BCUT2D eigenvalue weighted by molar-refractivity contribution is 9.10. The lowest BCUT2D eigenvalue weighted by molar-refractivity contribution is 0.0698. The van der Waals surface area contributed by atoms with E-state index in [9.17, 15) is 9.18 Å². The highest BCUT2D eigenvalue weighted by Crippen LogP contribution is 2.19. The quantitative estimate of drug-likeness (QED) is 0.888. The molecule has 19 heavy (non-hydrogen) atoms. The van der Waals surface area contributed by atoms with Crippen LogP contribution in [0.4, 0.5) is 4.39 Å². The third-order valence-electron chi connectivity index (χ3n) is 3.28. The van der Waals surface area contributed by atoms with Crippen LogP contribution in [0.1, 0.15) is 23.2 Å². The molecule has 0 saturated carbocycles. The lowest BCUT2D eigenvalue weighted by atomic mass is 10.0. The van der Waals surface area contributed by atoms with Crippen molar-refractivity contribution >= 4 is 34.2 Å². The van der Waals surface area contributed by atoms with Crippen molar-refractivity contribution in [2.75, 3.05) is 20.1 Å². The monoisotopic (exact) mass is 350 g/mol. The van der Waals surface area contributed by atoms with E-state index in [1.807, 2.05) is 11.9 Å². The molecule has 1 N–H and O–H groups in total. The Bertz CT molecular complexity index is 458. The number of halogens is 3. The standard InChI is InChI=1S/C13H16BrFN2O.ClH/c1-16-10-3-2-6-17(8-10)13(18)9-4-5-12(15)11(14)7-9;/h4-5,7,10,16H,2-3,6,8H2,1H3;1H. The molecule has 1 unspecified atom stereocenters. The third-order valence-corrected chi connectivity index (χ3v) is 3.89. The van der Waals surface area contributed by atoms with Crippen molar-refractivity contribution < 1.29 is 9.18 Å². The molecule has 1 fully saturated rings. The zero-order valence-electron chi connectivity index (χ0n) is 10.7. The average Bonchev–Trinajstić information content (AvgIpc) is 2.41. The Labute approximate surface area is 127 Å². The summed E-state index contributed by atoms with van der Waals surface area (Å²) in [6.45, 7) is 1.48. The van der Waals surface area contributed by atoms with Gasteiger partial charge in [-0.15, -0.1) is 12.4 Å². The van der Waals surface area contributed by atoms with Gasteiger partial charge in [-0.2, -0.15) is 0 Å². The van der Waals surface area contributed by atoms with Crippen LogP contribution in [0.3, 0.4) is 0 Å². The minimum Gasteiger partial charge on any atom is -0.337 e. The zero-order valence-corrected chi connectivity index (χ0v) is 13.1. The number of amides is 1. The molecular weight excluding hydrogens is 335 g/mol. The number of likely N-dealkylation sites (N-methyl/N-ethyl adjacent to an activating group) is 1. The molecule has 1 aliphatic heterocycles. The minimum atomic E-state index is -0.349. The number of likely N-dealkylation sites (tertiary alicyclic amines) is 1. The Morgan fingerprint density at radius 1 is 1.53 bits per heavy atom. The summed E-state index contributed by atoms with van der Waals surface area (Å²) in [4.78, 5) is 14.1. The fourth-order valence-electron chi connectivity index (χ4n) is 2.21. The number of carbonyl (C=O) groups excluding carboxylic acids is 1. The summed E-state index contributed by atoms with van der Waals surface area (Å²) in [5.41, 5.74) is 0.528. The fourth-order valence-corrected chi connectivity index (χ4v) is 2.59. The van der Waals surface area contributed by atoms with Crippen LogP contribution in [0.15, 0.2) is 22.7 Å². The molecule has 0 spiro atoms. The molecule has 1 atom stereocenters. The normalized spacial score (nSPS) is 18.9. The first kappa shape index (κ1) is 16.4. The van der Waals surface area contributed by atoms with Crippen molar-refractivity contribution in [3.63, 3.8) is 0 Å². The number of hydrogen-bond acceptors (Lipinski definition) is 2. The van der Waals surface area contributed by atoms with Gasteiger partial charge in [0.05, 0.1) is 4.47 Å². The summed E-state index contributed by atoms with van der Waals surface area (Å²) in [7, 11) is 1.91. The summed E-state index contributed by atoms with van der Waals surface area (Å²) >= 11 is 3.11. The smallest absolute Gasteiger partial charge is 0.253 e. The summed E-state index contributed by atoms with van der Waals surface area (Å²) in [6, 6.07) is 4.75. The van der Waals surface area contributed by atoms with Gasteiger partial charge in [0.15, 0.2) is 0 Å². The maximum absolute atomic E-state index is 13.1. The summed E-state index contributed by atoms with van der Waals surface area (Å²) < 4.78 is 13.5. The predicted molar refractivity (Wildman–Crippen MR) is 79.3 cm³/mol. The molecular formula is C13H17BrClFN2O. The van der Waals surface area contributed by atoms with E-state index in [0.717, 1.165) is 19.4 Å².